The Hall–Kier alpha value is -3.03. The number of aliphatic hydroxyl groups excluding tert-OH is 1. The molecule has 1 unspecified atom stereocenters. The van der Waals surface area contributed by atoms with Gasteiger partial charge in [0.15, 0.2) is 5.89 Å². The second-order valence-electron chi connectivity index (χ2n) is 10.0. The third-order valence-corrected chi connectivity index (χ3v) is 11.3. The van der Waals surface area contributed by atoms with Crippen LogP contribution in [0.5, 0.6) is 0 Å². The SMILES string of the molecule is CC(C)(C)[Si](OCc1coc(CC(O)COCc2ccccc2)n1)(c1ccccc1)c1ccccc1. The zero-order chi connectivity index (χ0) is 25.4. The molecule has 3 aromatic carbocycles. The number of oxazole rings is 1. The summed E-state index contributed by atoms with van der Waals surface area (Å²) in [5.74, 6) is 0.479. The zero-order valence-corrected chi connectivity index (χ0v) is 22.3. The average Bonchev–Trinajstić information content (AvgIpc) is 3.32. The van der Waals surface area contributed by atoms with Crippen LogP contribution in [0.15, 0.2) is 102 Å². The quantitative estimate of drug-likeness (QED) is 0.297. The first-order valence-corrected chi connectivity index (χ1v) is 14.3. The van der Waals surface area contributed by atoms with Gasteiger partial charge in [-0.15, -0.1) is 0 Å². The molecule has 1 atom stereocenters. The first-order chi connectivity index (χ1) is 17.4. The molecule has 1 heterocycles. The summed E-state index contributed by atoms with van der Waals surface area (Å²) in [5, 5.41) is 12.7. The average molecular weight is 502 g/mol. The minimum atomic E-state index is -2.66. The van der Waals surface area contributed by atoms with Crippen LogP contribution in [0.25, 0.3) is 0 Å². The summed E-state index contributed by atoms with van der Waals surface area (Å²) in [6.07, 6.45) is 1.22. The van der Waals surface area contributed by atoms with Gasteiger partial charge in [-0.05, 0) is 21.0 Å². The molecule has 0 aliphatic rings. The van der Waals surface area contributed by atoms with Crippen molar-refractivity contribution in [3.63, 3.8) is 0 Å². The van der Waals surface area contributed by atoms with Gasteiger partial charge in [0.2, 0.25) is 0 Å². The Balaban J connectivity index is 1.44. The molecular weight excluding hydrogens is 466 g/mol. The molecule has 0 radical (unpaired) electrons. The molecule has 0 aliphatic carbocycles. The van der Waals surface area contributed by atoms with Crippen LogP contribution in [0.3, 0.4) is 0 Å². The second kappa shape index (κ2) is 11.8. The number of aliphatic hydroxyl groups is 1. The van der Waals surface area contributed by atoms with E-state index in [0.717, 1.165) is 11.3 Å². The normalized spacial score (nSPS) is 13.0. The highest BCUT2D eigenvalue weighted by molar-refractivity contribution is 6.99. The molecule has 1 N–H and O–H groups in total. The van der Waals surface area contributed by atoms with Gasteiger partial charge in [0.25, 0.3) is 8.32 Å². The van der Waals surface area contributed by atoms with Crippen LogP contribution in [0.4, 0.5) is 0 Å². The lowest BCUT2D eigenvalue weighted by molar-refractivity contribution is 0.0260. The highest BCUT2D eigenvalue weighted by Crippen LogP contribution is 2.37. The van der Waals surface area contributed by atoms with Crippen LogP contribution in [0, 0.1) is 0 Å². The summed E-state index contributed by atoms with van der Waals surface area (Å²) in [4.78, 5) is 4.60. The monoisotopic (exact) mass is 501 g/mol. The third kappa shape index (κ3) is 6.20. The van der Waals surface area contributed by atoms with Crippen LogP contribution in [0.1, 0.15) is 37.9 Å². The zero-order valence-electron chi connectivity index (χ0n) is 21.3. The molecule has 6 heteroatoms. The van der Waals surface area contributed by atoms with Gasteiger partial charge < -0.3 is 18.7 Å². The predicted molar refractivity (Wildman–Crippen MR) is 145 cm³/mol. The Bertz CT molecular complexity index is 1150. The fourth-order valence-electron chi connectivity index (χ4n) is 4.60. The lowest BCUT2D eigenvalue weighted by Crippen LogP contribution is -2.66. The molecule has 0 spiro atoms. The lowest BCUT2D eigenvalue weighted by atomic mass is 10.2. The van der Waals surface area contributed by atoms with Gasteiger partial charge in [0.05, 0.1) is 32.3 Å². The third-order valence-electron chi connectivity index (χ3n) is 6.28. The van der Waals surface area contributed by atoms with Crippen molar-refractivity contribution in [1.82, 2.24) is 4.98 Å². The van der Waals surface area contributed by atoms with E-state index in [9.17, 15) is 5.11 Å². The maximum absolute atomic E-state index is 10.4. The Morgan fingerprint density at radius 3 is 1.94 bits per heavy atom. The number of ether oxygens (including phenoxy) is 1. The molecule has 1 aromatic heterocycles. The molecule has 5 nitrogen and oxygen atoms in total. The summed E-state index contributed by atoms with van der Waals surface area (Å²) in [6.45, 7) is 7.75. The van der Waals surface area contributed by atoms with E-state index in [1.165, 1.54) is 10.4 Å². The van der Waals surface area contributed by atoms with Crippen molar-refractivity contribution < 1.29 is 18.7 Å². The Morgan fingerprint density at radius 1 is 0.833 bits per heavy atom. The topological polar surface area (TPSA) is 64.7 Å². The van der Waals surface area contributed by atoms with Gasteiger partial charge in [-0.2, -0.15) is 0 Å². The maximum atomic E-state index is 10.4. The van der Waals surface area contributed by atoms with Crippen molar-refractivity contribution in [3.05, 3.63) is 114 Å². The number of hydrogen-bond donors (Lipinski definition) is 1. The number of hydrogen-bond acceptors (Lipinski definition) is 5. The second-order valence-corrected chi connectivity index (χ2v) is 14.3. The Morgan fingerprint density at radius 2 is 1.39 bits per heavy atom. The molecule has 188 valence electrons. The van der Waals surface area contributed by atoms with E-state index in [-0.39, 0.29) is 18.1 Å². The Labute approximate surface area is 214 Å². The van der Waals surface area contributed by atoms with Gasteiger partial charge in [0, 0.05) is 0 Å². The van der Waals surface area contributed by atoms with E-state index in [4.69, 9.17) is 13.6 Å². The molecule has 4 aromatic rings. The molecule has 0 saturated carbocycles. The van der Waals surface area contributed by atoms with Crippen LogP contribution in [-0.2, 0) is 28.8 Å². The fourth-order valence-corrected chi connectivity index (χ4v) is 9.12. The van der Waals surface area contributed by atoms with Gasteiger partial charge >= 0.3 is 0 Å². The lowest BCUT2D eigenvalue weighted by Gasteiger charge is -2.42. The van der Waals surface area contributed by atoms with E-state index in [2.05, 4.69) is 74.3 Å². The molecule has 36 heavy (non-hydrogen) atoms. The van der Waals surface area contributed by atoms with E-state index >= 15 is 0 Å². The van der Waals surface area contributed by atoms with Crippen molar-refractivity contribution in [2.75, 3.05) is 6.61 Å². The first-order valence-electron chi connectivity index (χ1n) is 12.4. The summed E-state index contributed by atoms with van der Waals surface area (Å²) in [6, 6.07) is 31.0. The highest BCUT2D eigenvalue weighted by Gasteiger charge is 2.50. The Kier molecular flexibility index (Phi) is 8.54. The molecule has 0 amide bonds. The first kappa shape index (κ1) is 26.0. The predicted octanol–water partition coefficient (Wildman–Crippen LogP) is 4.87. The number of benzene rings is 3. The minimum absolute atomic E-state index is 0.117. The van der Waals surface area contributed by atoms with E-state index in [1.54, 1.807) is 6.26 Å². The molecule has 0 aliphatic heterocycles. The maximum Gasteiger partial charge on any atom is 0.261 e. The van der Waals surface area contributed by atoms with Crippen LogP contribution in [0.2, 0.25) is 5.04 Å². The molecule has 0 fully saturated rings. The summed E-state index contributed by atoms with van der Waals surface area (Å²) in [7, 11) is -2.66. The van der Waals surface area contributed by atoms with Crippen LogP contribution in [-0.4, -0.2) is 31.1 Å². The molecule has 4 rings (SSSR count). The number of aromatic nitrogens is 1. The van der Waals surface area contributed by atoms with Crippen molar-refractivity contribution in [2.45, 2.75) is 51.5 Å². The highest BCUT2D eigenvalue weighted by atomic mass is 28.4. The van der Waals surface area contributed by atoms with Crippen LogP contribution >= 0.6 is 0 Å². The van der Waals surface area contributed by atoms with E-state index < -0.39 is 14.4 Å². The molecular formula is C30H35NO4Si. The number of rotatable bonds is 11. The summed E-state index contributed by atoms with van der Waals surface area (Å²) < 4.78 is 18.2. The van der Waals surface area contributed by atoms with Crippen molar-refractivity contribution in [2.24, 2.45) is 0 Å². The molecule has 0 bridgehead atoms. The largest absolute Gasteiger partial charge is 0.449 e. The van der Waals surface area contributed by atoms with Crippen molar-refractivity contribution in [1.29, 1.82) is 0 Å². The standard InChI is InChI=1S/C30H35NO4Si/c1-30(2,3)36(27-15-9-5-10-16-27,28-17-11-6-12-18-28)35-22-25-21-34-29(31-25)19-26(32)23-33-20-24-13-7-4-8-14-24/h4-18,21,26,32H,19-20,22-23H2,1-3H3. The van der Waals surface area contributed by atoms with E-state index in [0.29, 0.717) is 19.1 Å². The van der Waals surface area contributed by atoms with Gasteiger partial charge in [-0.1, -0.05) is 112 Å². The smallest absolute Gasteiger partial charge is 0.261 e. The van der Waals surface area contributed by atoms with Crippen molar-refractivity contribution in [3.8, 4) is 0 Å². The molecule has 0 saturated heterocycles. The van der Waals surface area contributed by atoms with Gasteiger partial charge in [-0.25, -0.2) is 4.98 Å². The fraction of sp³-hybridized carbons (Fsp3) is 0.300. The van der Waals surface area contributed by atoms with Crippen LogP contribution < -0.4 is 10.4 Å². The minimum Gasteiger partial charge on any atom is -0.449 e. The van der Waals surface area contributed by atoms with E-state index in [1.807, 2.05) is 42.5 Å². The summed E-state index contributed by atoms with van der Waals surface area (Å²) in [5.41, 5.74) is 1.79. The summed E-state index contributed by atoms with van der Waals surface area (Å²) >= 11 is 0. The van der Waals surface area contributed by atoms with Gasteiger partial charge in [0.1, 0.15) is 12.0 Å². The number of nitrogens with zero attached hydrogens (tertiary/aromatic N) is 1. The van der Waals surface area contributed by atoms with Gasteiger partial charge in [-0.3, -0.25) is 0 Å². The van der Waals surface area contributed by atoms with Crippen molar-refractivity contribution >= 4 is 18.7 Å².